The van der Waals surface area contributed by atoms with Crippen LogP contribution in [0.15, 0.2) is 42.9 Å². The largest absolute Gasteiger partial charge is 0.330 e. The molecule has 0 spiro atoms. The lowest BCUT2D eigenvalue weighted by atomic mass is 9.97. The summed E-state index contributed by atoms with van der Waals surface area (Å²) in [5.41, 5.74) is 0.938. The Morgan fingerprint density at radius 1 is 1.24 bits per heavy atom. The summed E-state index contributed by atoms with van der Waals surface area (Å²) in [6.45, 7) is 0.627. The maximum absolute atomic E-state index is 13.8. The third-order valence-electron chi connectivity index (χ3n) is 3.80. The standard InChI is InChI=1S/C16H16FN3O/c17-13-11-18-9-7-12(13)16(21)20-10-4-2-6-15(20)14-5-1-3-8-19-14/h1,3,5,7-9,11,15H,2,4,6,10H2. The van der Waals surface area contributed by atoms with E-state index in [1.807, 2.05) is 18.2 Å². The van der Waals surface area contributed by atoms with Crippen molar-refractivity contribution in [2.24, 2.45) is 0 Å². The van der Waals surface area contributed by atoms with Gasteiger partial charge in [-0.25, -0.2) is 4.39 Å². The topological polar surface area (TPSA) is 46.1 Å². The van der Waals surface area contributed by atoms with Crippen molar-refractivity contribution < 1.29 is 9.18 Å². The van der Waals surface area contributed by atoms with Crippen LogP contribution >= 0.6 is 0 Å². The van der Waals surface area contributed by atoms with E-state index in [4.69, 9.17) is 0 Å². The monoisotopic (exact) mass is 285 g/mol. The van der Waals surface area contributed by atoms with E-state index in [-0.39, 0.29) is 17.5 Å². The molecule has 0 aliphatic carbocycles. The zero-order valence-corrected chi connectivity index (χ0v) is 11.6. The fourth-order valence-corrected chi connectivity index (χ4v) is 2.76. The molecule has 1 aliphatic heterocycles. The third-order valence-corrected chi connectivity index (χ3v) is 3.80. The number of hydrogen-bond donors (Lipinski definition) is 0. The first-order valence-electron chi connectivity index (χ1n) is 7.09. The highest BCUT2D eigenvalue weighted by atomic mass is 19.1. The van der Waals surface area contributed by atoms with Crippen molar-refractivity contribution in [2.75, 3.05) is 6.54 Å². The Labute approximate surface area is 122 Å². The molecule has 3 heterocycles. The molecule has 3 rings (SSSR count). The summed E-state index contributed by atoms with van der Waals surface area (Å²) in [6, 6.07) is 7.02. The fraction of sp³-hybridized carbons (Fsp3) is 0.312. The normalized spacial score (nSPS) is 18.5. The number of rotatable bonds is 2. The third kappa shape index (κ3) is 2.77. The zero-order chi connectivity index (χ0) is 14.7. The molecular weight excluding hydrogens is 269 g/mol. The van der Waals surface area contributed by atoms with Gasteiger partial charge < -0.3 is 4.90 Å². The summed E-state index contributed by atoms with van der Waals surface area (Å²) in [7, 11) is 0. The molecule has 1 saturated heterocycles. The van der Waals surface area contributed by atoms with Crippen molar-refractivity contribution in [3.05, 3.63) is 59.9 Å². The maximum Gasteiger partial charge on any atom is 0.257 e. The predicted molar refractivity (Wildman–Crippen MR) is 76.1 cm³/mol. The fourth-order valence-electron chi connectivity index (χ4n) is 2.76. The van der Waals surface area contributed by atoms with Gasteiger partial charge in [0.15, 0.2) is 5.82 Å². The van der Waals surface area contributed by atoms with Crippen LogP contribution in [0.1, 0.15) is 41.4 Å². The van der Waals surface area contributed by atoms with Crippen molar-refractivity contribution in [1.82, 2.24) is 14.9 Å². The van der Waals surface area contributed by atoms with Crippen LogP contribution in [0, 0.1) is 5.82 Å². The molecule has 0 bridgehead atoms. The molecule has 0 radical (unpaired) electrons. The first kappa shape index (κ1) is 13.7. The summed E-state index contributed by atoms with van der Waals surface area (Å²) in [6.07, 6.45) is 7.07. The number of halogens is 1. The second-order valence-corrected chi connectivity index (χ2v) is 5.12. The first-order chi connectivity index (χ1) is 10.3. The molecule has 1 aliphatic rings. The van der Waals surface area contributed by atoms with E-state index in [1.165, 1.54) is 12.3 Å². The molecule has 0 saturated carbocycles. The van der Waals surface area contributed by atoms with Crippen LogP contribution in [0.5, 0.6) is 0 Å². The van der Waals surface area contributed by atoms with E-state index in [1.54, 1.807) is 11.1 Å². The Kier molecular flexibility index (Phi) is 3.90. The number of carbonyl (C=O) groups excluding carboxylic acids is 1. The van der Waals surface area contributed by atoms with Crippen LogP contribution in [0.25, 0.3) is 0 Å². The van der Waals surface area contributed by atoms with Gasteiger partial charge >= 0.3 is 0 Å². The molecule has 0 aromatic carbocycles. The molecule has 1 atom stereocenters. The number of hydrogen-bond acceptors (Lipinski definition) is 3. The number of amides is 1. The molecule has 5 heteroatoms. The highest BCUT2D eigenvalue weighted by molar-refractivity contribution is 5.94. The van der Waals surface area contributed by atoms with E-state index in [2.05, 4.69) is 9.97 Å². The van der Waals surface area contributed by atoms with E-state index < -0.39 is 5.82 Å². The summed E-state index contributed by atoms with van der Waals surface area (Å²) in [5, 5.41) is 0. The summed E-state index contributed by atoms with van der Waals surface area (Å²) < 4.78 is 13.8. The van der Waals surface area contributed by atoms with Crippen LogP contribution < -0.4 is 0 Å². The van der Waals surface area contributed by atoms with Gasteiger partial charge in [0.2, 0.25) is 0 Å². The summed E-state index contributed by atoms with van der Waals surface area (Å²) in [4.78, 5) is 22.4. The van der Waals surface area contributed by atoms with Gasteiger partial charge in [-0.05, 0) is 37.5 Å². The van der Waals surface area contributed by atoms with Gasteiger partial charge in [-0.3, -0.25) is 14.8 Å². The average Bonchev–Trinajstić information content (AvgIpc) is 2.55. The minimum atomic E-state index is -0.576. The Bertz CT molecular complexity index is 632. The minimum Gasteiger partial charge on any atom is -0.330 e. The Morgan fingerprint density at radius 3 is 2.90 bits per heavy atom. The van der Waals surface area contributed by atoms with Crippen LogP contribution in [0.3, 0.4) is 0 Å². The Morgan fingerprint density at radius 2 is 2.14 bits per heavy atom. The molecule has 4 nitrogen and oxygen atoms in total. The van der Waals surface area contributed by atoms with Crippen molar-refractivity contribution >= 4 is 5.91 Å². The highest BCUT2D eigenvalue weighted by Crippen LogP contribution is 2.31. The van der Waals surface area contributed by atoms with Gasteiger partial charge in [0.1, 0.15) is 0 Å². The number of carbonyl (C=O) groups is 1. The number of likely N-dealkylation sites (tertiary alicyclic amines) is 1. The predicted octanol–water partition coefficient (Wildman–Crippen LogP) is 2.98. The second-order valence-electron chi connectivity index (χ2n) is 5.12. The van der Waals surface area contributed by atoms with Gasteiger partial charge in [0.25, 0.3) is 5.91 Å². The van der Waals surface area contributed by atoms with Gasteiger partial charge in [0, 0.05) is 18.9 Å². The lowest BCUT2D eigenvalue weighted by Gasteiger charge is -2.35. The molecule has 1 unspecified atom stereocenters. The molecule has 108 valence electrons. The van der Waals surface area contributed by atoms with Gasteiger partial charge in [-0.15, -0.1) is 0 Å². The lowest BCUT2D eigenvalue weighted by molar-refractivity contribution is 0.0601. The molecule has 1 fully saturated rings. The van der Waals surface area contributed by atoms with Gasteiger partial charge in [0.05, 0.1) is 23.5 Å². The molecule has 1 amide bonds. The maximum atomic E-state index is 13.8. The first-order valence-corrected chi connectivity index (χ1v) is 7.09. The second kappa shape index (κ2) is 5.99. The van der Waals surface area contributed by atoms with E-state index in [9.17, 15) is 9.18 Å². The Hall–Kier alpha value is -2.30. The van der Waals surface area contributed by atoms with Crippen molar-refractivity contribution in [3.63, 3.8) is 0 Å². The Balaban J connectivity index is 1.91. The minimum absolute atomic E-state index is 0.0767. The number of pyridine rings is 2. The molecule has 2 aromatic rings. The van der Waals surface area contributed by atoms with Crippen molar-refractivity contribution in [1.29, 1.82) is 0 Å². The number of nitrogens with zero attached hydrogens (tertiary/aromatic N) is 3. The summed E-state index contributed by atoms with van der Waals surface area (Å²) in [5.74, 6) is -0.863. The van der Waals surface area contributed by atoms with Crippen LogP contribution in [-0.4, -0.2) is 27.3 Å². The van der Waals surface area contributed by atoms with E-state index >= 15 is 0 Å². The van der Waals surface area contributed by atoms with Crippen molar-refractivity contribution in [2.45, 2.75) is 25.3 Å². The van der Waals surface area contributed by atoms with Crippen LogP contribution in [-0.2, 0) is 0 Å². The quantitative estimate of drug-likeness (QED) is 0.852. The SMILES string of the molecule is O=C(c1ccncc1F)N1CCCCC1c1ccccn1. The smallest absolute Gasteiger partial charge is 0.257 e. The zero-order valence-electron chi connectivity index (χ0n) is 11.6. The van der Waals surface area contributed by atoms with Crippen LogP contribution in [0.2, 0.25) is 0 Å². The highest BCUT2D eigenvalue weighted by Gasteiger charge is 2.30. The molecular formula is C16H16FN3O. The van der Waals surface area contributed by atoms with Crippen LogP contribution in [0.4, 0.5) is 4.39 Å². The average molecular weight is 285 g/mol. The number of aromatic nitrogens is 2. The van der Waals surface area contributed by atoms with E-state index in [0.717, 1.165) is 31.2 Å². The molecule has 21 heavy (non-hydrogen) atoms. The van der Waals surface area contributed by atoms with Crippen molar-refractivity contribution in [3.8, 4) is 0 Å². The molecule has 0 N–H and O–H groups in total. The number of piperidine rings is 1. The van der Waals surface area contributed by atoms with E-state index in [0.29, 0.717) is 6.54 Å². The lowest BCUT2D eigenvalue weighted by Crippen LogP contribution is -2.39. The van der Waals surface area contributed by atoms with Gasteiger partial charge in [-0.2, -0.15) is 0 Å². The summed E-state index contributed by atoms with van der Waals surface area (Å²) >= 11 is 0. The van der Waals surface area contributed by atoms with Gasteiger partial charge in [-0.1, -0.05) is 6.07 Å². The molecule has 2 aromatic heterocycles.